The fourth-order valence-corrected chi connectivity index (χ4v) is 5.18. The van der Waals surface area contributed by atoms with Gasteiger partial charge in [-0.25, -0.2) is 4.79 Å². The van der Waals surface area contributed by atoms with E-state index >= 15 is 0 Å². The predicted octanol–water partition coefficient (Wildman–Crippen LogP) is 5.92. The zero-order valence-corrected chi connectivity index (χ0v) is 26.3. The molecule has 1 saturated heterocycles. The zero-order valence-electron chi connectivity index (χ0n) is 24.7. The molecule has 0 bridgehead atoms. The highest BCUT2D eigenvalue weighted by molar-refractivity contribution is 8.18. The Bertz CT molecular complexity index is 1680. The molecule has 13 heteroatoms. The Balaban J connectivity index is 1.40. The van der Waals surface area contributed by atoms with Crippen LogP contribution in [0.4, 0.5) is 16.2 Å². The van der Waals surface area contributed by atoms with Gasteiger partial charge in [0.1, 0.15) is 6.54 Å². The van der Waals surface area contributed by atoms with Crippen molar-refractivity contribution in [2.45, 2.75) is 20.8 Å². The van der Waals surface area contributed by atoms with Gasteiger partial charge >= 0.3 is 5.97 Å². The molecule has 1 aliphatic heterocycles. The highest BCUT2D eigenvalue weighted by Crippen LogP contribution is 2.35. The third kappa shape index (κ3) is 8.64. The van der Waals surface area contributed by atoms with Crippen molar-refractivity contribution >= 4 is 69.7 Å². The number of amides is 4. The molecule has 0 unspecified atom stereocenters. The first-order chi connectivity index (χ1) is 21.6. The Hall–Kier alpha value is -4.81. The standard InChI is InChI=1S/C32H30ClN3O8S/c1-4-42-26-14-20(10-13-25(26)44-18-29(38)35-24-9-7-6-8-19(24)3)15-27-30(39)36(32(41)45-27)17-28(37)34-21-11-12-23(33)22(16-21)31(40)43-5-2/h6-16H,4-5,17-18H2,1-3H3,(H,34,37)(H,35,38)/b27-15-. The molecule has 1 fully saturated rings. The van der Waals surface area contributed by atoms with Crippen molar-refractivity contribution < 1.29 is 38.2 Å². The van der Waals surface area contributed by atoms with Crippen LogP contribution in [-0.4, -0.2) is 60.2 Å². The first-order valence-electron chi connectivity index (χ1n) is 13.9. The van der Waals surface area contributed by atoms with Crippen molar-refractivity contribution in [2.75, 3.05) is 37.0 Å². The molecule has 234 valence electrons. The van der Waals surface area contributed by atoms with Crippen LogP contribution in [-0.2, 0) is 19.1 Å². The number of aryl methyl sites for hydroxylation is 1. The van der Waals surface area contributed by atoms with Gasteiger partial charge in [-0.15, -0.1) is 0 Å². The van der Waals surface area contributed by atoms with Gasteiger partial charge in [0, 0.05) is 11.4 Å². The number of nitrogens with zero attached hydrogens (tertiary/aromatic N) is 1. The number of para-hydroxylation sites is 1. The third-order valence-electron chi connectivity index (χ3n) is 6.26. The number of nitrogens with one attached hydrogen (secondary N) is 2. The second kappa shape index (κ2) is 15.3. The Morgan fingerprint density at radius 3 is 2.42 bits per heavy atom. The Labute approximate surface area is 268 Å². The number of carbonyl (C=O) groups is 5. The first kappa shape index (κ1) is 33.1. The number of ether oxygens (including phenoxy) is 3. The zero-order chi connectivity index (χ0) is 32.5. The fraction of sp³-hybridized carbons (Fsp3) is 0.219. The van der Waals surface area contributed by atoms with E-state index in [1.54, 1.807) is 38.1 Å². The molecule has 0 spiro atoms. The van der Waals surface area contributed by atoms with Crippen LogP contribution in [0.5, 0.6) is 11.5 Å². The smallest absolute Gasteiger partial charge is 0.339 e. The molecule has 2 N–H and O–H groups in total. The molecule has 0 aliphatic carbocycles. The van der Waals surface area contributed by atoms with Crippen molar-refractivity contribution in [3.63, 3.8) is 0 Å². The maximum atomic E-state index is 13.1. The van der Waals surface area contributed by atoms with Gasteiger partial charge in [-0.3, -0.25) is 24.1 Å². The SMILES string of the molecule is CCOC(=O)c1cc(NC(=O)CN2C(=O)S/C(=C\c3ccc(OCC(=O)Nc4ccccc4C)c(OCC)c3)C2=O)ccc1Cl. The minimum Gasteiger partial charge on any atom is -0.490 e. The number of hydrogen-bond acceptors (Lipinski definition) is 9. The van der Waals surface area contributed by atoms with Crippen LogP contribution < -0.4 is 20.1 Å². The molecule has 4 amide bonds. The summed E-state index contributed by atoms with van der Waals surface area (Å²) in [5.74, 6) is -1.61. The van der Waals surface area contributed by atoms with Crippen LogP contribution in [0.3, 0.4) is 0 Å². The van der Waals surface area contributed by atoms with Gasteiger partial charge in [-0.1, -0.05) is 35.9 Å². The van der Waals surface area contributed by atoms with E-state index in [2.05, 4.69) is 10.6 Å². The van der Waals surface area contributed by atoms with E-state index in [1.807, 2.05) is 25.1 Å². The number of carbonyl (C=O) groups excluding carboxylic acids is 5. The van der Waals surface area contributed by atoms with Crippen LogP contribution in [0.25, 0.3) is 6.08 Å². The lowest BCUT2D eigenvalue weighted by Crippen LogP contribution is -2.36. The predicted molar refractivity (Wildman–Crippen MR) is 172 cm³/mol. The fourth-order valence-electron chi connectivity index (χ4n) is 4.14. The van der Waals surface area contributed by atoms with Gasteiger partial charge in [0.25, 0.3) is 17.1 Å². The van der Waals surface area contributed by atoms with E-state index in [9.17, 15) is 24.0 Å². The van der Waals surface area contributed by atoms with Gasteiger partial charge in [-0.2, -0.15) is 0 Å². The molecule has 0 atom stereocenters. The average molecular weight is 652 g/mol. The normalized spacial score (nSPS) is 13.5. The van der Waals surface area contributed by atoms with Crippen molar-refractivity contribution in [1.29, 1.82) is 0 Å². The van der Waals surface area contributed by atoms with Crippen molar-refractivity contribution in [3.05, 3.63) is 87.3 Å². The lowest BCUT2D eigenvalue weighted by atomic mass is 10.2. The van der Waals surface area contributed by atoms with Crippen molar-refractivity contribution in [3.8, 4) is 11.5 Å². The van der Waals surface area contributed by atoms with Gasteiger partial charge in [0.2, 0.25) is 5.91 Å². The third-order valence-corrected chi connectivity index (χ3v) is 7.50. The summed E-state index contributed by atoms with van der Waals surface area (Å²) in [6.45, 7) is 5.00. The van der Waals surface area contributed by atoms with E-state index in [0.717, 1.165) is 10.5 Å². The number of esters is 1. The highest BCUT2D eigenvalue weighted by atomic mass is 35.5. The summed E-state index contributed by atoms with van der Waals surface area (Å²) in [6, 6.07) is 16.5. The first-order valence-corrected chi connectivity index (χ1v) is 15.1. The number of thioether (sulfide) groups is 1. The average Bonchev–Trinajstić information content (AvgIpc) is 3.26. The lowest BCUT2D eigenvalue weighted by molar-refractivity contribution is -0.127. The number of hydrogen-bond donors (Lipinski definition) is 2. The summed E-state index contributed by atoms with van der Waals surface area (Å²) in [4.78, 5) is 63.9. The van der Waals surface area contributed by atoms with Crippen LogP contribution in [0.1, 0.15) is 35.3 Å². The van der Waals surface area contributed by atoms with Gasteiger partial charge in [-0.05, 0) is 86.1 Å². The Morgan fingerprint density at radius 2 is 1.69 bits per heavy atom. The molecule has 0 radical (unpaired) electrons. The second-order valence-corrected chi connectivity index (χ2v) is 10.9. The highest BCUT2D eigenvalue weighted by Gasteiger charge is 2.36. The Kier molecular flexibility index (Phi) is 11.2. The summed E-state index contributed by atoms with van der Waals surface area (Å²) < 4.78 is 16.4. The molecule has 45 heavy (non-hydrogen) atoms. The van der Waals surface area contributed by atoms with Crippen LogP contribution in [0, 0.1) is 6.92 Å². The van der Waals surface area contributed by atoms with Gasteiger partial charge < -0.3 is 24.8 Å². The van der Waals surface area contributed by atoms with Gasteiger partial charge in [0.15, 0.2) is 18.1 Å². The van der Waals surface area contributed by atoms with E-state index in [0.29, 0.717) is 41.1 Å². The summed E-state index contributed by atoms with van der Waals surface area (Å²) in [5, 5.41) is 4.90. The number of rotatable bonds is 12. The monoisotopic (exact) mass is 651 g/mol. The molecule has 3 aromatic carbocycles. The van der Waals surface area contributed by atoms with Gasteiger partial charge in [0.05, 0.1) is 28.7 Å². The number of anilines is 2. The second-order valence-electron chi connectivity index (χ2n) is 9.52. The molecular weight excluding hydrogens is 622 g/mol. The van der Waals surface area contributed by atoms with Crippen LogP contribution in [0.15, 0.2) is 65.6 Å². The van der Waals surface area contributed by atoms with Crippen LogP contribution >= 0.6 is 23.4 Å². The Morgan fingerprint density at radius 1 is 0.911 bits per heavy atom. The molecule has 1 heterocycles. The lowest BCUT2D eigenvalue weighted by Gasteiger charge is -2.14. The number of benzene rings is 3. The van der Waals surface area contributed by atoms with E-state index in [1.165, 1.54) is 24.3 Å². The van der Waals surface area contributed by atoms with E-state index < -0.39 is 29.6 Å². The van der Waals surface area contributed by atoms with Crippen LogP contribution in [0.2, 0.25) is 5.02 Å². The summed E-state index contributed by atoms with van der Waals surface area (Å²) in [5.41, 5.74) is 2.46. The maximum absolute atomic E-state index is 13.1. The largest absolute Gasteiger partial charge is 0.490 e. The maximum Gasteiger partial charge on any atom is 0.339 e. The molecule has 1 aliphatic rings. The molecule has 3 aromatic rings. The number of imide groups is 1. The molecule has 11 nitrogen and oxygen atoms in total. The summed E-state index contributed by atoms with van der Waals surface area (Å²) in [6.07, 6.45) is 1.50. The molecular formula is C32H30ClN3O8S. The summed E-state index contributed by atoms with van der Waals surface area (Å²) in [7, 11) is 0. The molecule has 0 saturated carbocycles. The summed E-state index contributed by atoms with van der Waals surface area (Å²) >= 11 is 6.76. The van der Waals surface area contributed by atoms with Crippen molar-refractivity contribution in [2.24, 2.45) is 0 Å². The number of halogens is 1. The minimum absolute atomic E-state index is 0.0683. The van der Waals surface area contributed by atoms with E-state index in [-0.39, 0.29) is 40.3 Å². The van der Waals surface area contributed by atoms with Crippen molar-refractivity contribution in [1.82, 2.24) is 4.90 Å². The molecule has 0 aromatic heterocycles. The topological polar surface area (TPSA) is 140 Å². The minimum atomic E-state index is -0.651. The quantitative estimate of drug-likeness (QED) is 0.180. The molecule has 4 rings (SSSR count). The van der Waals surface area contributed by atoms with E-state index in [4.69, 9.17) is 25.8 Å².